The minimum Gasteiger partial charge on any atom is -0.303 e. The lowest BCUT2D eigenvalue weighted by Gasteiger charge is -2.26. The largest absolute Gasteiger partial charge is 0.303 e. The number of hydrogen-bond donors (Lipinski definition) is 1. The van der Waals surface area contributed by atoms with Crippen molar-refractivity contribution < 1.29 is 0 Å². The number of nitrogens with zero attached hydrogens (tertiary/aromatic N) is 2. The van der Waals surface area contributed by atoms with E-state index < -0.39 is 0 Å². The standard InChI is InChI=1S/C23H33N3.3C2H6/c1-3-10-19(2)23-22(18-24-25-23)17-21-12-6-5-11-20(21)13-9-16-26-14-7-4-8-15-26;3*1-2/h5-6,11-12,18H,2-4,7-10,13-17H2,1H3,(H,24,25);3*1-2H3. The summed E-state index contributed by atoms with van der Waals surface area (Å²) >= 11 is 0. The lowest BCUT2D eigenvalue weighted by molar-refractivity contribution is 0.226. The summed E-state index contributed by atoms with van der Waals surface area (Å²) in [5.41, 5.74) is 6.49. The van der Waals surface area contributed by atoms with Gasteiger partial charge in [-0.05, 0) is 68.4 Å². The number of H-pyrrole nitrogens is 1. The summed E-state index contributed by atoms with van der Waals surface area (Å²) in [5.74, 6) is 0. The molecule has 1 aromatic heterocycles. The van der Waals surface area contributed by atoms with Gasteiger partial charge in [-0.3, -0.25) is 5.10 Å². The van der Waals surface area contributed by atoms with E-state index >= 15 is 0 Å². The highest BCUT2D eigenvalue weighted by atomic mass is 15.1. The molecule has 0 amide bonds. The molecular weight excluding hydrogens is 390 g/mol. The number of benzene rings is 1. The third-order valence-electron chi connectivity index (χ3n) is 5.49. The second-order valence-electron chi connectivity index (χ2n) is 7.58. The van der Waals surface area contributed by atoms with Crippen LogP contribution in [0.3, 0.4) is 0 Å². The highest BCUT2D eigenvalue weighted by Gasteiger charge is 2.12. The van der Waals surface area contributed by atoms with Gasteiger partial charge in [0.1, 0.15) is 0 Å². The van der Waals surface area contributed by atoms with Gasteiger partial charge in [-0.25, -0.2) is 0 Å². The first kappa shape index (κ1) is 30.1. The van der Waals surface area contributed by atoms with Crippen LogP contribution in [-0.4, -0.2) is 34.7 Å². The molecule has 1 saturated heterocycles. The molecule has 1 fully saturated rings. The van der Waals surface area contributed by atoms with Gasteiger partial charge in [0.2, 0.25) is 0 Å². The van der Waals surface area contributed by atoms with Crippen LogP contribution in [-0.2, 0) is 12.8 Å². The van der Waals surface area contributed by atoms with Crippen LogP contribution < -0.4 is 0 Å². The van der Waals surface area contributed by atoms with Gasteiger partial charge in [-0.1, -0.05) is 92.2 Å². The van der Waals surface area contributed by atoms with Crippen molar-refractivity contribution in [3.63, 3.8) is 0 Å². The fourth-order valence-electron chi connectivity index (χ4n) is 4.03. The summed E-state index contributed by atoms with van der Waals surface area (Å²) < 4.78 is 0. The Hall–Kier alpha value is -1.87. The molecule has 0 unspecified atom stereocenters. The van der Waals surface area contributed by atoms with Crippen LogP contribution in [0.2, 0.25) is 0 Å². The summed E-state index contributed by atoms with van der Waals surface area (Å²) in [6.45, 7) is 22.2. The fourth-order valence-corrected chi connectivity index (χ4v) is 4.03. The Morgan fingerprint density at radius 2 is 1.56 bits per heavy atom. The number of allylic oxidation sites excluding steroid dienone is 1. The zero-order valence-electron chi connectivity index (χ0n) is 22.3. The van der Waals surface area contributed by atoms with Gasteiger partial charge < -0.3 is 4.90 Å². The van der Waals surface area contributed by atoms with Crippen molar-refractivity contribution in [3.8, 4) is 0 Å². The third kappa shape index (κ3) is 10.6. The topological polar surface area (TPSA) is 31.9 Å². The van der Waals surface area contributed by atoms with Gasteiger partial charge in [0.15, 0.2) is 0 Å². The molecule has 1 aromatic carbocycles. The quantitative estimate of drug-likeness (QED) is 0.424. The molecule has 0 radical (unpaired) electrons. The zero-order valence-corrected chi connectivity index (χ0v) is 22.3. The van der Waals surface area contributed by atoms with Crippen molar-refractivity contribution >= 4 is 5.57 Å². The normalized spacial score (nSPS) is 13.0. The number of rotatable bonds is 9. The molecule has 3 heteroatoms. The first-order chi connectivity index (χ1) is 15.8. The maximum Gasteiger partial charge on any atom is 0.0639 e. The van der Waals surface area contributed by atoms with Gasteiger partial charge >= 0.3 is 0 Å². The van der Waals surface area contributed by atoms with E-state index in [-0.39, 0.29) is 0 Å². The van der Waals surface area contributed by atoms with Gasteiger partial charge in [-0.15, -0.1) is 0 Å². The number of piperidine rings is 1. The predicted octanol–water partition coefficient (Wildman–Crippen LogP) is 8.31. The molecule has 0 spiro atoms. The Morgan fingerprint density at radius 3 is 2.19 bits per heavy atom. The number of hydrogen-bond acceptors (Lipinski definition) is 2. The molecule has 0 bridgehead atoms. The minimum atomic E-state index is 0.939. The van der Waals surface area contributed by atoms with E-state index in [4.69, 9.17) is 0 Å². The average molecular weight is 442 g/mol. The van der Waals surface area contributed by atoms with Crippen molar-refractivity contribution in [1.29, 1.82) is 0 Å². The molecule has 0 saturated carbocycles. The van der Waals surface area contributed by atoms with Crippen molar-refractivity contribution in [1.82, 2.24) is 15.1 Å². The van der Waals surface area contributed by atoms with Crippen LogP contribution in [0.25, 0.3) is 5.57 Å². The summed E-state index contributed by atoms with van der Waals surface area (Å²) in [7, 11) is 0. The van der Waals surface area contributed by atoms with Crippen LogP contribution >= 0.6 is 0 Å². The maximum absolute atomic E-state index is 4.28. The monoisotopic (exact) mass is 441 g/mol. The molecule has 0 aliphatic carbocycles. The molecule has 2 heterocycles. The van der Waals surface area contributed by atoms with E-state index in [1.165, 1.54) is 67.6 Å². The molecule has 1 N–H and O–H groups in total. The van der Waals surface area contributed by atoms with E-state index in [0.717, 1.165) is 31.4 Å². The van der Waals surface area contributed by atoms with Crippen molar-refractivity contribution in [2.24, 2.45) is 0 Å². The van der Waals surface area contributed by atoms with Crippen LogP contribution in [0.1, 0.15) is 109 Å². The number of aromatic nitrogens is 2. The highest BCUT2D eigenvalue weighted by Crippen LogP contribution is 2.23. The highest BCUT2D eigenvalue weighted by molar-refractivity contribution is 5.63. The summed E-state index contributed by atoms with van der Waals surface area (Å²) in [5, 5.41) is 7.44. The van der Waals surface area contributed by atoms with Crippen LogP contribution in [0, 0.1) is 0 Å². The number of nitrogens with one attached hydrogen (secondary N) is 1. The Kier molecular flexibility index (Phi) is 18.6. The number of likely N-dealkylation sites (tertiary alicyclic amines) is 1. The van der Waals surface area contributed by atoms with Crippen molar-refractivity contribution in [2.75, 3.05) is 19.6 Å². The first-order valence-electron chi connectivity index (χ1n) is 13.3. The van der Waals surface area contributed by atoms with Gasteiger partial charge in [0, 0.05) is 12.0 Å². The van der Waals surface area contributed by atoms with Crippen LogP contribution in [0.15, 0.2) is 37.0 Å². The Bertz CT molecular complexity index is 696. The zero-order chi connectivity index (χ0) is 24.2. The molecule has 182 valence electrons. The number of aromatic amines is 1. The molecule has 3 nitrogen and oxygen atoms in total. The fraction of sp³-hybridized carbons (Fsp3) is 0.621. The molecular formula is C29H51N3. The minimum absolute atomic E-state index is 0.939. The molecule has 2 aromatic rings. The van der Waals surface area contributed by atoms with Gasteiger partial charge in [-0.2, -0.15) is 5.10 Å². The second-order valence-corrected chi connectivity index (χ2v) is 7.58. The smallest absolute Gasteiger partial charge is 0.0639 e. The van der Waals surface area contributed by atoms with E-state index in [0.29, 0.717) is 0 Å². The predicted molar refractivity (Wildman–Crippen MR) is 144 cm³/mol. The summed E-state index contributed by atoms with van der Waals surface area (Å²) in [6.07, 6.45) is 11.6. The molecule has 0 atom stereocenters. The first-order valence-corrected chi connectivity index (χ1v) is 13.3. The Morgan fingerprint density at radius 1 is 0.938 bits per heavy atom. The van der Waals surface area contributed by atoms with E-state index in [1.54, 1.807) is 0 Å². The molecule has 32 heavy (non-hydrogen) atoms. The van der Waals surface area contributed by atoms with Gasteiger partial charge in [0.05, 0.1) is 11.9 Å². The van der Waals surface area contributed by atoms with E-state index in [2.05, 4.69) is 52.9 Å². The Balaban J connectivity index is 0.00000148. The summed E-state index contributed by atoms with van der Waals surface area (Å²) in [6, 6.07) is 8.90. The lowest BCUT2D eigenvalue weighted by atomic mass is 9.95. The van der Waals surface area contributed by atoms with Crippen LogP contribution in [0.5, 0.6) is 0 Å². The third-order valence-corrected chi connectivity index (χ3v) is 5.49. The van der Waals surface area contributed by atoms with Crippen molar-refractivity contribution in [3.05, 3.63) is 59.4 Å². The number of aryl methyl sites for hydroxylation is 1. The SMILES string of the molecule is C=C(CCC)c1[nH]ncc1Cc1ccccc1CCCN1CCCCC1.CC.CC.CC. The van der Waals surface area contributed by atoms with Crippen molar-refractivity contribution in [2.45, 2.75) is 99.8 Å². The van der Waals surface area contributed by atoms with Gasteiger partial charge in [0.25, 0.3) is 0 Å². The average Bonchev–Trinajstić information content (AvgIpc) is 3.33. The molecule has 1 aliphatic heterocycles. The van der Waals surface area contributed by atoms with Crippen LogP contribution in [0.4, 0.5) is 0 Å². The Labute approximate surface area is 199 Å². The lowest BCUT2D eigenvalue weighted by Crippen LogP contribution is -2.30. The maximum atomic E-state index is 4.28. The summed E-state index contributed by atoms with van der Waals surface area (Å²) in [4.78, 5) is 2.63. The second kappa shape index (κ2) is 19.8. The van der Waals surface area contributed by atoms with E-state index in [9.17, 15) is 0 Å². The van der Waals surface area contributed by atoms with E-state index in [1.807, 2.05) is 47.7 Å². The molecule has 1 aliphatic rings. The molecule has 3 rings (SSSR count).